The molecule has 1 saturated carbocycles. The normalized spacial score (nSPS) is 27.1. The van der Waals surface area contributed by atoms with Crippen molar-refractivity contribution in [1.29, 1.82) is 0 Å². The topological polar surface area (TPSA) is 56.8 Å². The van der Waals surface area contributed by atoms with Gasteiger partial charge in [0.15, 0.2) is 0 Å². The van der Waals surface area contributed by atoms with Gasteiger partial charge in [0.1, 0.15) is 5.60 Å². The van der Waals surface area contributed by atoms with E-state index in [1.165, 1.54) is 11.4 Å². The maximum Gasteiger partial charge on any atom is 0.407 e. The number of hydrogen-bond acceptors (Lipinski definition) is 5. The highest BCUT2D eigenvalue weighted by Crippen LogP contribution is 2.27. The molecule has 2 N–H and O–H groups in total. The SMILES string of the molecule is CCN1[C@H](C)CN(c2ccc(NCC3CCC(NC(=O)OC(C)(C)C)CC3)cc2)C[C@H]1C. The molecule has 1 aliphatic heterocycles. The van der Waals surface area contributed by atoms with Crippen LogP contribution in [0, 0.1) is 5.92 Å². The van der Waals surface area contributed by atoms with Gasteiger partial charge in [-0.25, -0.2) is 4.79 Å². The van der Waals surface area contributed by atoms with Crippen LogP contribution >= 0.6 is 0 Å². The number of nitrogens with zero attached hydrogens (tertiary/aromatic N) is 2. The fraction of sp³-hybridized carbons (Fsp3) is 0.731. The van der Waals surface area contributed by atoms with Crippen LogP contribution < -0.4 is 15.5 Å². The Morgan fingerprint density at radius 2 is 1.62 bits per heavy atom. The lowest BCUT2D eigenvalue weighted by atomic mass is 9.86. The van der Waals surface area contributed by atoms with Crippen LogP contribution in [0.3, 0.4) is 0 Å². The molecular weight excluding hydrogens is 400 g/mol. The van der Waals surface area contributed by atoms with E-state index in [2.05, 4.69) is 65.5 Å². The Bertz CT molecular complexity index is 710. The van der Waals surface area contributed by atoms with E-state index in [4.69, 9.17) is 4.74 Å². The first-order chi connectivity index (χ1) is 15.1. The molecule has 3 rings (SSSR count). The quantitative estimate of drug-likeness (QED) is 0.639. The molecule has 0 bridgehead atoms. The van der Waals surface area contributed by atoms with Crippen LogP contribution in [0.1, 0.15) is 67.2 Å². The number of likely N-dealkylation sites (N-methyl/N-ethyl adjacent to an activating group) is 1. The van der Waals surface area contributed by atoms with Crippen molar-refractivity contribution in [1.82, 2.24) is 10.2 Å². The molecule has 6 heteroatoms. The van der Waals surface area contributed by atoms with E-state index < -0.39 is 5.60 Å². The molecule has 0 radical (unpaired) electrons. The van der Waals surface area contributed by atoms with Crippen molar-refractivity contribution in [3.05, 3.63) is 24.3 Å². The Balaban J connectivity index is 1.40. The Morgan fingerprint density at radius 1 is 1.03 bits per heavy atom. The predicted octanol–water partition coefficient (Wildman–Crippen LogP) is 5.10. The van der Waals surface area contributed by atoms with Gasteiger partial charge in [0, 0.05) is 49.1 Å². The van der Waals surface area contributed by atoms with E-state index in [-0.39, 0.29) is 12.1 Å². The number of benzene rings is 1. The summed E-state index contributed by atoms with van der Waals surface area (Å²) >= 11 is 0. The molecule has 1 saturated heterocycles. The van der Waals surface area contributed by atoms with Crippen LogP contribution in [-0.4, -0.2) is 60.9 Å². The number of anilines is 2. The molecule has 2 atom stereocenters. The van der Waals surface area contributed by atoms with Crippen LogP contribution in [0.4, 0.5) is 16.2 Å². The van der Waals surface area contributed by atoms with Crippen LogP contribution in [0.2, 0.25) is 0 Å². The molecule has 0 unspecified atom stereocenters. The number of alkyl carbamates (subject to hydrolysis) is 1. The first-order valence-corrected chi connectivity index (χ1v) is 12.5. The molecule has 1 aromatic rings. The largest absolute Gasteiger partial charge is 0.444 e. The van der Waals surface area contributed by atoms with Crippen LogP contribution in [-0.2, 0) is 4.74 Å². The van der Waals surface area contributed by atoms with Gasteiger partial charge in [0.2, 0.25) is 0 Å². The third-order valence-corrected chi connectivity index (χ3v) is 6.86. The zero-order valence-corrected chi connectivity index (χ0v) is 21.0. The predicted molar refractivity (Wildman–Crippen MR) is 134 cm³/mol. The second-order valence-electron chi connectivity index (χ2n) is 10.7. The van der Waals surface area contributed by atoms with Crippen molar-refractivity contribution < 1.29 is 9.53 Å². The standard InChI is InChI=1S/C26H44N4O2/c1-7-30-19(2)17-29(18-20(30)3)24-14-12-22(13-15-24)27-16-21-8-10-23(11-9-21)28-25(31)32-26(4,5)6/h12-15,19-21,23,27H,7-11,16-18H2,1-6H3,(H,28,31)/t19-,20-,21?,23?/m1/s1. The number of carbonyl (C=O) groups excluding carboxylic acids is 1. The fourth-order valence-corrected chi connectivity index (χ4v) is 5.23. The zero-order valence-electron chi connectivity index (χ0n) is 21.0. The lowest BCUT2D eigenvalue weighted by Gasteiger charge is -2.45. The van der Waals surface area contributed by atoms with Crippen molar-refractivity contribution in [2.24, 2.45) is 5.92 Å². The Kier molecular flexibility index (Phi) is 8.32. The summed E-state index contributed by atoms with van der Waals surface area (Å²) < 4.78 is 5.38. The number of carbonyl (C=O) groups is 1. The number of amides is 1. The highest BCUT2D eigenvalue weighted by atomic mass is 16.6. The molecular formula is C26H44N4O2. The average Bonchev–Trinajstić information content (AvgIpc) is 2.72. The first-order valence-electron chi connectivity index (χ1n) is 12.5. The minimum Gasteiger partial charge on any atom is -0.444 e. The summed E-state index contributed by atoms with van der Waals surface area (Å²) in [6.45, 7) is 16.9. The highest BCUT2D eigenvalue weighted by Gasteiger charge is 2.28. The molecule has 180 valence electrons. The van der Waals surface area contributed by atoms with E-state index in [9.17, 15) is 4.79 Å². The monoisotopic (exact) mass is 444 g/mol. The van der Waals surface area contributed by atoms with E-state index in [1.807, 2.05) is 20.8 Å². The molecule has 0 spiro atoms. The summed E-state index contributed by atoms with van der Waals surface area (Å²) in [6.07, 6.45) is 4.00. The lowest BCUT2D eigenvalue weighted by Crippen LogP contribution is -2.56. The van der Waals surface area contributed by atoms with Gasteiger partial charge in [-0.3, -0.25) is 4.90 Å². The average molecular weight is 445 g/mol. The van der Waals surface area contributed by atoms with E-state index >= 15 is 0 Å². The number of piperazine rings is 1. The van der Waals surface area contributed by atoms with E-state index in [0.717, 1.165) is 51.9 Å². The van der Waals surface area contributed by atoms with Gasteiger partial charge in [-0.1, -0.05) is 6.92 Å². The maximum absolute atomic E-state index is 12.0. The van der Waals surface area contributed by atoms with Crippen LogP contribution in [0.5, 0.6) is 0 Å². The minimum atomic E-state index is -0.443. The van der Waals surface area contributed by atoms with Crippen molar-refractivity contribution in [3.63, 3.8) is 0 Å². The van der Waals surface area contributed by atoms with Gasteiger partial charge in [-0.2, -0.15) is 0 Å². The van der Waals surface area contributed by atoms with E-state index in [1.54, 1.807) is 0 Å². The van der Waals surface area contributed by atoms with Gasteiger partial charge in [0.25, 0.3) is 0 Å². The molecule has 1 amide bonds. The van der Waals surface area contributed by atoms with Crippen molar-refractivity contribution in [2.45, 2.75) is 91.0 Å². The first kappa shape index (κ1) is 24.7. The van der Waals surface area contributed by atoms with Gasteiger partial charge in [-0.15, -0.1) is 0 Å². The van der Waals surface area contributed by atoms with Gasteiger partial charge < -0.3 is 20.3 Å². The summed E-state index contributed by atoms with van der Waals surface area (Å²) in [4.78, 5) is 17.1. The Hall–Kier alpha value is -1.95. The molecule has 1 aromatic carbocycles. The maximum atomic E-state index is 12.0. The fourth-order valence-electron chi connectivity index (χ4n) is 5.23. The summed E-state index contributed by atoms with van der Waals surface area (Å²) in [6, 6.07) is 10.3. The molecule has 0 aromatic heterocycles. The van der Waals surface area contributed by atoms with Gasteiger partial charge in [-0.05, 0) is 97.0 Å². The van der Waals surface area contributed by atoms with Crippen molar-refractivity contribution >= 4 is 17.5 Å². The Morgan fingerprint density at radius 3 is 2.16 bits per heavy atom. The Labute approximate surface area is 195 Å². The molecule has 6 nitrogen and oxygen atoms in total. The van der Waals surface area contributed by atoms with Gasteiger partial charge in [0.05, 0.1) is 0 Å². The highest BCUT2D eigenvalue weighted by molar-refractivity contribution is 5.68. The third kappa shape index (κ3) is 7.03. The smallest absolute Gasteiger partial charge is 0.407 e. The summed E-state index contributed by atoms with van der Waals surface area (Å²) in [5, 5.41) is 6.66. The molecule has 2 aliphatic rings. The van der Waals surface area contributed by atoms with Gasteiger partial charge >= 0.3 is 6.09 Å². The third-order valence-electron chi connectivity index (χ3n) is 6.86. The van der Waals surface area contributed by atoms with Crippen LogP contribution in [0.15, 0.2) is 24.3 Å². The number of hydrogen-bond donors (Lipinski definition) is 2. The summed E-state index contributed by atoms with van der Waals surface area (Å²) in [5.41, 5.74) is 2.07. The zero-order chi connectivity index (χ0) is 23.3. The van der Waals surface area contributed by atoms with Crippen molar-refractivity contribution in [2.75, 3.05) is 36.4 Å². The molecule has 1 heterocycles. The second kappa shape index (κ2) is 10.8. The minimum absolute atomic E-state index is 0.235. The number of nitrogens with one attached hydrogen (secondary N) is 2. The summed E-state index contributed by atoms with van der Waals surface area (Å²) in [5.74, 6) is 0.648. The molecule has 32 heavy (non-hydrogen) atoms. The lowest BCUT2D eigenvalue weighted by molar-refractivity contribution is 0.0488. The molecule has 1 aliphatic carbocycles. The number of ether oxygens (including phenoxy) is 1. The summed E-state index contributed by atoms with van der Waals surface area (Å²) in [7, 11) is 0. The van der Waals surface area contributed by atoms with E-state index in [0.29, 0.717) is 18.0 Å². The van der Waals surface area contributed by atoms with Crippen LogP contribution in [0.25, 0.3) is 0 Å². The molecule has 2 fully saturated rings. The van der Waals surface area contributed by atoms with Crippen molar-refractivity contribution in [3.8, 4) is 0 Å². The number of rotatable bonds is 6. The second-order valence-corrected chi connectivity index (χ2v) is 10.7.